The van der Waals surface area contributed by atoms with Gasteiger partial charge in [0, 0.05) is 6.08 Å². The van der Waals surface area contributed by atoms with Gasteiger partial charge in [-0.25, -0.2) is 4.79 Å². The number of hydrogen-bond donors (Lipinski definition) is 0. The summed E-state index contributed by atoms with van der Waals surface area (Å²) in [7, 11) is 0. The molecule has 0 aliphatic carbocycles. The van der Waals surface area contributed by atoms with Gasteiger partial charge in [-0.3, -0.25) is 0 Å². The lowest BCUT2D eigenvalue weighted by Gasteiger charge is -2.06. The second kappa shape index (κ2) is 7.20. The fraction of sp³-hybridized carbons (Fsp3) is 0.250. The summed E-state index contributed by atoms with van der Waals surface area (Å²) in [5.41, 5.74) is 0. The van der Waals surface area contributed by atoms with Crippen LogP contribution in [0.15, 0.2) is 30.4 Å². The molecule has 0 saturated carbocycles. The van der Waals surface area contributed by atoms with Gasteiger partial charge < -0.3 is 9.47 Å². The fourth-order valence-corrected chi connectivity index (χ4v) is 1.59. The Kier molecular flexibility index (Phi) is 5.87. The van der Waals surface area contributed by atoms with Gasteiger partial charge in [0.1, 0.15) is 6.61 Å². The van der Waals surface area contributed by atoms with Gasteiger partial charge in [-0.15, -0.1) is 0 Å². The molecule has 1 aromatic carbocycles. The molecule has 0 unspecified atom stereocenters. The predicted molar refractivity (Wildman–Crippen MR) is 67.7 cm³/mol. The van der Waals surface area contributed by atoms with Crippen molar-refractivity contribution in [1.29, 1.82) is 0 Å². The van der Waals surface area contributed by atoms with Crippen LogP contribution in [0.25, 0.3) is 0 Å². The zero-order valence-electron chi connectivity index (χ0n) is 9.28. The van der Waals surface area contributed by atoms with Gasteiger partial charge in [0.05, 0.1) is 16.7 Å². The van der Waals surface area contributed by atoms with E-state index in [1.807, 2.05) is 0 Å². The maximum atomic E-state index is 11.0. The standard InChI is InChI=1S/C12H12Cl2O3/c1-2-16-11(15)7-4-8-17-12-9(13)5-3-6-10(12)14/h3-7H,2,8H2,1H3/b7-4+. The Hall–Kier alpha value is -1.19. The van der Waals surface area contributed by atoms with Crippen LogP contribution in [0.3, 0.4) is 0 Å². The number of hydrogen-bond acceptors (Lipinski definition) is 3. The first kappa shape index (κ1) is 13.9. The molecule has 0 aliphatic rings. The molecule has 0 aliphatic heterocycles. The van der Waals surface area contributed by atoms with Gasteiger partial charge in [-0.2, -0.15) is 0 Å². The third-order valence-electron chi connectivity index (χ3n) is 1.78. The number of ether oxygens (including phenoxy) is 2. The summed E-state index contributed by atoms with van der Waals surface area (Å²) in [4.78, 5) is 11.0. The fourth-order valence-electron chi connectivity index (χ4n) is 1.09. The molecule has 0 amide bonds. The number of rotatable bonds is 5. The number of para-hydroxylation sites is 1. The van der Waals surface area contributed by atoms with E-state index < -0.39 is 5.97 Å². The van der Waals surface area contributed by atoms with Crippen molar-refractivity contribution in [2.45, 2.75) is 6.92 Å². The zero-order valence-corrected chi connectivity index (χ0v) is 10.8. The van der Waals surface area contributed by atoms with Gasteiger partial charge in [-0.05, 0) is 25.1 Å². The predicted octanol–water partition coefficient (Wildman–Crippen LogP) is 3.49. The molecule has 0 radical (unpaired) electrons. The molecule has 17 heavy (non-hydrogen) atoms. The lowest BCUT2D eigenvalue weighted by molar-refractivity contribution is -0.137. The summed E-state index contributed by atoms with van der Waals surface area (Å²) in [6.45, 7) is 2.29. The van der Waals surface area contributed by atoms with Crippen LogP contribution in [0.4, 0.5) is 0 Å². The number of esters is 1. The highest BCUT2D eigenvalue weighted by Crippen LogP contribution is 2.32. The molecule has 0 atom stereocenters. The molecular formula is C12H12Cl2O3. The van der Waals surface area contributed by atoms with E-state index in [2.05, 4.69) is 0 Å². The highest BCUT2D eigenvalue weighted by molar-refractivity contribution is 6.37. The highest BCUT2D eigenvalue weighted by atomic mass is 35.5. The van der Waals surface area contributed by atoms with E-state index in [4.69, 9.17) is 32.7 Å². The second-order valence-electron chi connectivity index (χ2n) is 3.02. The maximum Gasteiger partial charge on any atom is 0.330 e. The van der Waals surface area contributed by atoms with Crippen molar-refractivity contribution in [2.24, 2.45) is 0 Å². The van der Waals surface area contributed by atoms with Gasteiger partial charge >= 0.3 is 5.97 Å². The van der Waals surface area contributed by atoms with E-state index in [0.717, 1.165) is 0 Å². The summed E-state index contributed by atoms with van der Waals surface area (Å²) >= 11 is 11.8. The van der Waals surface area contributed by atoms with Crippen molar-refractivity contribution in [2.75, 3.05) is 13.2 Å². The van der Waals surface area contributed by atoms with Crippen molar-refractivity contribution in [3.8, 4) is 5.75 Å². The monoisotopic (exact) mass is 274 g/mol. The summed E-state index contributed by atoms with van der Waals surface area (Å²) in [5, 5.41) is 0.865. The Morgan fingerprint density at radius 1 is 1.35 bits per heavy atom. The minimum absolute atomic E-state index is 0.197. The van der Waals surface area contributed by atoms with Crippen LogP contribution in [0.2, 0.25) is 10.0 Å². The van der Waals surface area contributed by atoms with E-state index in [-0.39, 0.29) is 6.61 Å². The molecule has 0 spiro atoms. The SMILES string of the molecule is CCOC(=O)/C=C/COc1c(Cl)cccc1Cl. The lowest BCUT2D eigenvalue weighted by atomic mass is 10.3. The molecule has 0 aromatic heterocycles. The Labute approximate surface area is 110 Å². The van der Waals surface area contributed by atoms with Gasteiger partial charge in [0.15, 0.2) is 5.75 Å². The first-order valence-electron chi connectivity index (χ1n) is 5.05. The van der Waals surface area contributed by atoms with Gasteiger partial charge in [0.2, 0.25) is 0 Å². The second-order valence-corrected chi connectivity index (χ2v) is 3.83. The highest BCUT2D eigenvalue weighted by Gasteiger charge is 2.05. The molecule has 0 N–H and O–H groups in total. The molecule has 0 bridgehead atoms. The molecule has 0 heterocycles. The molecule has 1 rings (SSSR count). The number of carbonyl (C=O) groups excluding carboxylic acids is 1. The largest absolute Gasteiger partial charge is 0.486 e. The summed E-state index contributed by atoms with van der Waals surface area (Å²) in [5.74, 6) is 0.00528. The normalized spacial score (nSPS) is 10.5. The topological polar surface area (TPSA) is 35.5 Å². The van der Waals surface area contributed by atoms with E-state index in [9.17, 15) is 4.79 Å². The average molecular weight is 275 g/mol. The summed E-state index contributed by atoms with van der Waals surface area (Å²) in [6.07, 6.45) is 2.84. The van der Waals surface area contributed by atoms with Crippen LogP contribution in [-0.2, 0) is 9.53 Å². The number of halogens is 2. The van der Waals surface area contributed by atoms with Crippen LogP contribution in [-0.4, -0.2) is 19.2 Å². The van der Waals surface area contributed by atoms with Crippen LogP contribution >= 0.6 is 23.2 Å². The first-order valence-corrected chi connectivity index (χ1v) is 5.80. The van der Waals surface area contributed by atoms with Crippen LogP contribution in [0, 0.1) is 0 Å². The third-order valence-corrected chi connectivity index (χ3v) is 2.38. The number of carbonyl (C=O) groups is 1. The van der Waals surface area contributed by atoms with Crippen LogP contribution in [0.5, 0.6) is 5.75 Å². The van der Waals surface area contributed by atoms with E-state index in [1.165, 1.54) is 12.2 Å². The Morgan fingerprint density at radius 3 is 2.59 bits per heavy atom. The smallest absolute Gasteiger partial charge is 0.330 e. The Bertz CT molecular complexity index is 396. The molecular weight excluding hydrogens is 263 g/mol. The quantitative estimate of drug-likeness (QED) is 0.609. The van der Waals surface area contributed by atoms with Crippen LogP contribution in [0.1, 0.15) is 6.92 Å². The lowest BCUT2D eigenvalue weighted by Crippen LogP contribution is -2.01. The molecule has 0 fully saturated rings. The van der Waals surface area contributed by atoms with Crippen LogP contribution < -0.4 is 4.74 Å². The minimum Gasteiger partial charge on any atom is -0.486 e. The van der Waals surface area contributed by atoms with Crippen molar-refractivity contribution in [3.05, 3.63) is 40.4 Å². The molecule has 0 saturated heterocycles. The van der Waals surface area contributed by atoms with Crippen molar-refractivity contribution < 1.29 is 14.3 Å². The molecule has 92 valence electrons. The van der Waals surface area contributed by atoms with Crippen molar-refractivity contribution in [1.82, 2.24) is 0 Å². The average Bonchev–Trinajstić information content (AvgIpc) is 2.28. The molecule has 1 aromatic rings. The molecule has 5 heteroatoms. The van der Waals surface area contributed by atoms with E-state index in [0.29, 0.717) is 22.4 Å². The Morgan fingerprint density at radius 2 is 2.00 bits per heavy atom. The Balaban J connectivity index is 2.49. The zero-order chi connectivity index (χ0) is 12.7. The van der Waals surface area contributed by atoms with Gasteiger partial charge in [-0.1, -0.05) is 29.3 Å². The number of benzene rings is 1. The minimum atomic E-state index is -0.402. The van der Waals surface area contributed by atoms with E-state index in [1.54, 1.807) is 25.1 Å². The summed E-state index contributed by atoms with van der Waals surface area (Å²) in [6, 6.07) is 5.08. The maximum absolute atomic E-state index is 11.0. The summed E-state index contributed by atoms with van der Waals surface area (Å²) < 4.78 is 10.0. The first-order chi connectivity index (χ1) is 8.15. The van der Waals surface area contributed by atoms with Crippen molar-refractivity contribution >= 4 is 29.2 Å². The van der Waals surface area contributed by atoms with E-state index >= 15 is 0 Å². The van der Waals surface area contributed by atoms with Gasteiger partial charge in [0.25, 0.3) is 0 Å². The molecule has 3 nitrogen and oxygen atoms in total. The third kappa shape index (κ3) is 4.67. The van der Waals surface area contributed by atoms with Crippen molar-refractivity contribution in [3.63, 3.8) is 0 Å².